The smallest absolute Gasteiger partial charge is 0.311 e. The van der Waals surface area contributed by atoms with Gasteiger partial charge in [-0.3, -0.25) is 4.79 Å². The Hall–Kier alpha value is -1.16. The third-order valence-corrected chi connectivity index (χ3v) is 2.61. The summed E-state index contributed by atoms with van der Waals surface area (Å²) >= 11 is 4.18. The van der Waals surface area contributed by atoms with Crippen LogP contribution in [0.15, 0.2) is 23.1 Å². The lowest BCUT2D eigenvalue weighted by Gasteiger charge is -2.23. The van der Waals surface area contributed by atoms with E-state index < -0.39 is 11.9 Å². The lowest BCUT2D eigenvalue weighted by molar-refractivity contribution is -0.139. The normalized spacial score (nSPS) is 19.6. The van der Waals surface area contributed by atoms with Crippen LogP contribution in [0.4, 0.5) is 0 Å². The van der Waals surface area contributed by atoms with Crippen molar-refractivity contribution in [1.29, 1.82) is 0 Å². The van der Waals surface area contributed by atoms with E-state index in [0.717, 1.165) is 10.5 Å². The average Bonchev–Trinajstić information content (AvgIpc) is 2.16. The van der Waals surface area contributed by atoms with Crippen molar-refractivity contribution in [1.82, 2.24) is 0 Å². The Morgan fingerprint density at radius 2 is 2.36 bits per heavy atom. The highest BCUT2D eigenvalue weighted by Crippen LogP contribution is 2.35. The number of carbonyl (C=O) groups is 1. The van der Waals surface area contributed by atoms with E-state index in [4.69, 9.17) is 9.84 Å². The van der Waals surface area contributed by atoms with Crippen molar-refractivity contribution in [3.63, 3.8) is 0 Å². The number of benzene rings is 1. The molecule has 14 heavy (non-hydrogen) atoms. The molecule has 0 saturated heterocycles. The molecule has 3 nitrogen and oxygen atoms in total. The van der Waals surface area contributed by atoms with Gasteiger partial charge in [0.25, 0.3) is 0 Å². The molecule has 1 aliphatic rings. The predicted octanol–water partition coefficient (Wildman–Crippen LogP) is 1.93. The van der Waals surface area contributed by atoms with E-state index in [1.54, 1.807) is 18.2 Å². The minimum Gasteiger partial charge on any atom is -0.493 e. The molecular weight excluding hydrogens is 200 g/mol. The first-order valence-electron chi connectivity index (χ1n) is 4.37. The second kappa shape index (κ2) is 3.53. The Balaban J connectivity index is 2.46. The van der Waals surface area contributed by atoms with Crippen molar-refractivity contribution >= 4 is 18.6 Å². The van der Waals surface area contributed by atoms with Crippen molar-refractivity contribution in [2.24, 2.45) is 0 Å². The predicted molar refractivity (Wildman–Crippen MR) is 54.2 cm³/mol. The first-order chi connectivity index (χ1) is 6.68. The summed E-state index contributed by atoms with van der Waals surface area (Å²) in [6, 6.07) is 5.33. The summed E-state index contributed by atoms with van der Waals surface area (Å²) in [5.41, 5.74) is 0.733. The molecule has 1 aliphatic heterocycles. The number of carboxylic acids is 1. The zero-order valence-corrected chi connectivity index (χ0v) is 8.33. The number of thiol groups is 1. The molecule has 74 valence electrons. The van der Waals surface area contributed by atoms with E-state index in [1.807, 2.05) is 0 Å². The van der Waals surface area contributed by atoms with Gasteiger partial charge in [-0.1, -0.05) is 0 Å². The van der Waals surface area contributed by atoms with Gasteiger partial charge < -0.3 is 9.84 Å². The van der Waals surface area contributed by atoms with Crippen molar-refractivity contribution in [2.75, 3.05) is 6.61 Å². The number of hydrogen-bond donors (Lipinski definition) is 2. The van der Waals surface area contributed by atoms with E-state index in [1.165, 1.54) is 0 Å². The molecule has 0 bridgehead atoms. The van der Waals surface area contributed by atoms with Crippen LogP contribution in [0.5, 0.6) is 5.75 Å². The van der Waals surface area contributed by atoms with Gasteiger partial charge >= 0.3 is 5.97 Å². The number of carboxylic acid groups (broad SMARTS) is 1. The van der Waals surface area contributed by atoms with E-state index in [9.17, 15) is 4.79 Å². The van der Waals surface area contributed by atoms with Gasteiger partial charge in [-0.15, -0.1) is 12.6 Å². The van der Waals surface area contributed by atoms with Crippen LogP contribution < -0.4 is 4.74 Å². The molecule has 0 spiro atoms. The average molecular weight is 210 g/mol. The van der Waals surface area contributed by atoms with Gasteiger partial charge in [0.15, 0.2) is 0 Å². The molecule has 1 aromatic rings. The summed E-state index contributed by atoms with van der Waals surface area (Å²) in [4.78, 5) is 11.7. The number of hydrogen-bond acceptors (Lipinski definition) is 3. The topological polar surface area (TPSA) is 46.5 Å². The van der Waals surface area contributed by atoms with Gasteiger partial charge in [0.1, 0.15) is 5.75 Å². The van der Waals surface area contributed by atoms with Crippen LogP contribution >= 0.6 is 12.6 Å². The van der Waals surface area contributed by atoms with Crippen LogP contribution in [0, 0.1) is 0 Å². The summed E-state index contributed by atoms with van der Waals surface area (Å²) < 4.78 is 5.36. The quantitative estimate of drug-likeness (QED) is 0.696. The zero-order valence-electron chi connectivity index (χ0n) is 7.43. The number of rotatable bonds is 1. The second-order valence-corrected chi connectivity index (χ2v) is 3.77. The monoisotopic (exact) mass is 210 g/mol. The molecule has 4 heteroatoms. The lowest BCUT2D eigenvalue weighted by Crippen LogP contribution is -2.20. The highest BCUT2D eigenvalue weighted by Gasteiger charge is 2.27. The summed E-state index contributed by atoms with van der Waals surface area (Å²) in [5.74, 6) is -0.583. The second-order valence-electron chi connectivity index (χ2n) is 3.25. The molecule has 0 fully saturated rings. The lowest BCUT2D eigenvalue weighted by atomic mass is 9.93. The van der Waals surface area contributed by atoms with Crippen LogP contribution in [-0.2, 0) is 4.79 Å². The maximum atomic E-state index is 10.9. The molecule has 1 unspecified atom stereocenters. The Morgan fingerprint density at radius 1 is 1.57 bits per heavy atom. The van der Waals surface area contributed by atoms with Crippen LogP contribution in [-0.4, -0.2) is 17.7 Å². The van der Waals surface area contributed by atoms with E-state index in [-0.39, 0.29) is 0 Å². The SMILES string of the molecule is O=C(O)C1CCOc2ccc(S)cc21. The molecule has 1 aromatic carbocycles. The summed E-state index contributed by atoms with van der Waals surface area (Å²) in [5, 5.41) is 9.00. The first-order valence-corrected chi connectivity index (χ1v) is 4.81. The van der Waals surface area contributed by atoms with Gasteiger partial charge in [-0.2, -0.15) is 0 Å². The molecule has 2 rings (SSSR count). The fourth-order valence-electron chi connectivity index (χ4n) is 1.64. The summed E-state index contributed by atoms with van der Waals surface area (Å²) in [6.07, 6.45) is 0.527. The largest absolute Gasteiger partial charge is 0.493 e. The molecule has 1 heterocycles. The molecule has 1 atom stereocenters. The van der Waals surface area contributed by atoms with E-state index in [0.29, 0.717) is 18.8 Å². The Bertz CT molecular complexity index is 376. The molecule has 1 N–H and O–H groups in total. The molecular formula is C10H10O3S. The maximum absolute atomic E-state index is 10.9. The molecule has 0 aliphatic carbocycles. The van der Waals surface area contributed by atoms with Crippen LogP contribution in [0.25, 0.3) is 0 Å². The van der Waals surface area contributed by atoms with Gasteiger partial charge in [-0.05, 0) is 24.6 Å². The van der Waals surface area contributed by atoms with Crippen molar-refractivity contribution in [3.05, 3.63) is 23.8 Å². The van der Waals surface area contributed by atoms with Crippen LogP contribution in [0.3, 0.4) is 0 Å². The summed E-state index contributed by atoms with van der Waals surface area (Å²) in [7, 11) is 0. The fraction of sp³-hybridized carbons (Fsp3) is 0.300. The molecule has 0 amide bonds. The van der Waals surface area contributed by atoms with E-state index >= 15 is 0 Å². The maximum Gasteiger partial charge on any atom is 0.311 e. The van der Waals surface area contributed by atoms with Gasteiger partial charge in [0.05, 0.1) is 12.5 Å². The van der Waals surface area contributed by atoms with Crippen molar-refractivity contribution < 1.29 is 14.6 Å². The third kappa shape index (κ3) is 1.57. The highest BCUT2D eigenvalue weighted by atomic mass is 32.1. The zero-order chi connectivity index (χ0) is 10.1. The van der Waals surface area contributed by atoms with Gasteiger partial charge in [-0.25, -0.2) is 0 Å². The number of aliphatic carboxylic acids is 1. The number of ether oxygens (including phenoxy) is 1. The molecule has 0 saturated carbocycles. The molecule has 0 aromatic heterocycles. The van der Waals surface area contributed by atoms with Crippen LogP contribution in [0.2, 0.25) is 0 Å². The Morgan fingerprint density at radius 3 is 3.07 bits per heavy atom. The van der Waals surface area contributed by atoms with Crippen molar-refractivity contribution in [3.8, 4) is 5.75 Å². The van der Waals surface area contributed by atoms with Gasteiger partial charge in [0, 0.05) is 10.5 Å². The minimum atomic E-state index is -0.798. The highest BCUT2D eigenvalue weighted by molar-refractivity contribution is 7.80. The Labute approximate surface area is 87.1 Å². The number of fused-ring (bicyclic) bond motifs is 1. The van der Waals surface area contributed by atoms with Gasteiger partial charge in [0.2, 0.25) is 0 Å². The third-order valence-electron chi connectivity index (χ3n) is 2.33. The molecule has 0 radical (unpaired) electrons. The minimum absolute atomic E-state index is 0.453. The van der Waals surface area contributed by atoms with Crippen LogP contribution in [0.1, 0.15) is 17.9 Å². The summed E-state index contributed by atoms with van der Waals surface area (Å²) in [6.45, 7) is 0.468. The standard InChI is InChI=1S/C10H10O3S/c11-10(12)7-3-4-13-9-2-1-6(14)5-8(7)9/h1-2,5,7,14H,3-4H2,(H,11,12). The van der Waals surface area contributed by atoms with E-state index in [2.05, 4.69) is 12.6 Å². The fourth-order valence-corrected chi connectivity index (χ4v) is 1.85. The van der Waals surface area contributed by atoms with Crippen molar-refractivity contribution in [2.45, 2.75) is 17.2 Å². The Kier molecular flexibility index (Phi) is 2.37. The first kappa shape index (κ1) is 9.40.